The van der Waals surface area contributed by atoms with Crippen molar-refractivity contribution in [1.29, 1.82) is 0 Å². The van der Waals surface area contributed by atoms with E-state index in [2.05, 4.69) is 109 Å². The number of nitrogens with one attached hydrogen (secondary N) is 3. The molecule has 276 valence electrons. The molecule has 1 heterocycles. The maximum absolute atomic E-state index is 12.5. The fourth-order valence-electron chi connectivity index (χ4n) is 4.28. The molecule has 3 rings (SSSR count). The second-order valence-electron chi connectivity index (χ2n) is 14.4. The molecule has 1 amide bonds. The van der Waals surface area contributed by atoms with Crippen molar-refractivity contribution >= 4 is 12.2 Å². The molecule has 0 aliphatic carbocycles. The van der Waals surface area contributed by atoms with Crippen LogP contribution >= 0.6 is 0 Å². The van der Waals surface area contributed by atoms with Gasteiger partial charge in [0, 0.05) is 17.8 Å². The van der Waals surface area contributed by atoms with Crippen LogP contribution in [0.3, 0.4) is 0 Å². The van der Waals surface area contributed by atoms with Crippen molar-refractivity contribution < 1.29 is 9.59 Å². The summed E-state index contributed by atoms with van der Waals surface area (Å²) in [6, 6.07) is 24.0. The normalized spacial score (nSPS) is 11.7. The summed E-state index contributed by atoms with van der Waals surface area (Å²) in [7, 11) is 0. The number of nitrogens with zero attached hydrogens (tertiary/aromatic N) is 1. The van der Waals surface area contributed by atoms with Crippen LogP contribution in [0, 0.1) is 18.3 Å². The molecule has 0 bridgehead atoms. The Morgan fingerprint density at radius 2 is 1.27 bits per heavy atom. The number of hydrogen-bond acceptors (Lipinski definition) is 5. The van der Waals surface area contributed by atoms with Gasteiger partial charge in [0.1, 0.15) is 0 Å². The molecular weight excluding hydrogens is 608 g/mol. The van der Waals surface area contributed by atoms with Gasteiger partial charge in [-0.15, -0.1) is 0 Å². The van der Waals surface area contributed by atoms with Gasteiger partial charge in [0.25, 0.3) is 5.56 Å². The van der Waals surface area contributed by atoms with Crippen LogP contribution in [0.4, 0.5) is 0 Å². The third-order valence-corrected chi connectivity index (χ3v) is 6.14. The van der Waals surface area contributed by atoms with Gasteiger partial charge in [-0.1, -0.05) is 129 Å². The van der Waals surface area contributed by atoms with E-state index in [1.165, 1.54) is 6.92 Å². The Hall–Kier alpha value is -3.55. The Balaban J connectivity index is 0. The number of rotatable bonds is 13. The lowest BCUT2D eigenvalue weighted by Gasteiger charge is -2.21. The summed E-state index contributed by atoms with van der Waals surface area (Å²) in [6.07, 6.45) is 4.23. The van der Waals surface area contributed by atoms with Crippen LogP contribution in [-0.4, -0.2) is 41.6 Å². The summed E-state index contributed by atoms with van der Waals surface area (Å²) in [5.41, 5.74) is 3.53. The number of carbonyl (C=O) groups excluding carboxylic acids is 2. The second kappa shape index (κ2) is 27.3. The molecule has 0 aliphatic rings. The molecule has 2 atom stereocenters. The fourth-order valence-corrected chi connectivity index (χ4v) is 4.28. The van der Waals surface area contributed by atoms with Crippen LogP contribution < -0.4 is 21.5 Å². The van der Waals surface area contributed by atoms with Gasteiger partial charge in [-0.25, -0.2) is 0 Å². The van der Waals surface area contributed by atoms with Crippen molar-refractivity contribution in [2.45, 2.75) is 134 Å². The van der Waals surface area contributed by atoms with Gasteiger partial charge in [-0.2, -0.15) is 0 Å². The molecule has 7 heteroatoms. The van der Waals surface area contributed by atoms with E-state index in [-0.39, 0.29) is 29.6 Å². The summed E-state index contributed by atoms with van der Waals surface area (Å²) in [4.78, 5) is 34.0. The number of Topliss-reactive ketones (excluding diaryl/α,β-unsaturated/α-hetero) is 1. The maximum atomic E-state index is 12.5. The third-order valence-electron chi connectivity index (χ3n) is 6.14. The fraction of sp³-hybridized carbons (Fsp3) is 0.548. The van der Waals surface area contributed by atoms with Crippen molar-refractivity contribution in [3.8, 4) is 0 Å². The van der Waals surface area contributed by atoms with E-state index in [1.54, 1.807) is 4.57 Å². The molecule has 7 nitrogen and oxygen atoms in total. The first-order valence-corrected chi connectivity index (χ1v) is 17.9. The Morgan fingerprint density at radius 1 is 0.816 bits per heavy atom. The minimum Gasteiger partial charge on any atom is -0.349 e. The van der Waals surface area contributed by atoms with Gasteiger partial charge in [0.15, 0.2) is 5.78 Å². The van der Waals surface area contributed by atoms with Crippen LogP contribution in [0.1, 0.15) is 126 Å². The monoisotopic (exact) mass is 679 g/mol. The number of aryl methyl sites for hydroxylation is 1. The number of hydrogen-bond donors (Lipinski definition) is 3. The highest BCUT2D eigenvalue weighted by molar-refractivity contribution is 5.83. The maximum Gasteiger partial charge on any atom is 0.254 e. The first-order valence-electron chi connectivity index (χ1n) is 17.9. The molecule has 3 N–H and O–H groups in total. The van der Waals surface area contributed by atoms with Crippen LogP contribution in [0.2, 0.25) is 0 Å². The zero-order valence-corrected chi connectivity index (χ0v) is 33.3. The van der Waals surface area contributed by atoms with Crippen molar-refractivity contribution in [3.05, 3.63) is 106 Å². The Kier molecular flexibility index (Phi) is 26.5. The van der Waals surface area contributed by atoms with E-state index in [1.807, 2.05) is 75.5 Å². The molecular formula is C42H70N4O3. The first kappa shape index (κ1) is 47.6. The summed E-state index contributed by atoms with van der Waals surface area (Å²) in [6.45, 7) is 29.7. The average molecular weight is 679 g/mol. The molecule has 0 saturated heterocycles. The minimum atomic E-state index is -0.345. The standard InChI is InChI=1S/C19H17NO.C12H25N3O2.C5H12.C4H10.C2H6/c1-15-9-8-14-20(19(15)21)18(16-10-4-2-5-11-16)17-12-6-3-7-13-17;1-9(2)15-11(4)13-7-5-6-12(10(3)17)14-8-16;1-5(2,3)4;1-4(2)3;1-2/h2-14,18H,1H3;8-9,11-13,15H,5-7H2,1-4H3,(H,14,16);1-4H3;4H,1-3H3;1-2H3. The van der Waals surface area contributed by atoms with Gasteiger partial charge in [-0.3, -0.25) is 19.7 Å². The van der Waals surface area contributed by atoms with Crippen molar-refractivity contribution in [2.24, 2.45) is 11.3 Å². The number of benzene rings is 2. The largest absolute Gasteiger partial charge is 0.349 e. The lowest BCUT2D eigenvalue weighted by Crippen LogP contribution is -2.44. The molecule has 0 radical (unpaired) electrons. The zero-order chi connectivity index (χ0) is 38.0. The number of aromatic nitrogens is 1. The van der Waals surface area contributed by atoms with E-state index >= 15 is 0 Å². The van der Waals surface area contributed by atoms with Crippen LogP contribution in [0.5, 0.6) is 0 Å². The summed E-state index contributed by atoms with van der Waals surface area (Å²) in [5.74, 6) is 0.838. The molecule has 2 aromatic carbocycles. The second-order valence-corrected chi connectivity index (χ2v) is 14.4. The molecule has 2 unspecified atom stereocenters. The van der Waals surface area contributed by atoms with E-state index in [0.29, 0.717) is 24.3 Å². The highest BCUT2D eigenvalue weighted by Crippen LogP contribution is 2.25. The summed E-state index contributed by atoms with van der Waals surface area (Å²) in [5, 5.41) is 9.17. The first-order chi connectivity index (χ1) is 23.0. The quantitative estimate of drug-likeness (QED) is 0.0954. The lowest BCUT2D eigenvalue weighted by atomic mass is 9.98. The highest BCUT2D eigenvalue weighted by Gasteiger charge is 2.17. The van der Waals surface area contributed by atoms with Crippen molar-refractivity contribution in [2.75, 3.05) is 6.54 Å². The number of carbonyl (C=O) groups is 2. The van der Waals surface area contributed by atoms with Gasteiger partial charge < -0.3 is 15.2 Å². The van der Waals surface area contributed by atoms with Crippen molar-refractivity contribution in [1.82, 2.24) is 20.5 Å². The minimum absolute atomic E-state index is 0.00505. The smallest absolute Gasteiger partial charge is 0.254 e. The Bertz CT molecular complexity index is 1250. The molecule has 49 heavy (non-hydrogen) atoms. The number of amides is 1. The highest BCUT2D eigenvalue weighted by atomic mass is 16.1. The molecule has 3 aromatic rings. The van der Waals surface area contributed by atoms with Crippen LogP contribution in [0.15, 0.2) is 83.8 Å². The third kappa shape index (κ3) is 25.1. The average Bonchev–Trinajstić information content (AvgIpc) is 3.02. The Morgan fingerprint density at radius 3 is 1.65 bits per heavy atom. The summed E-state index contributed by atoms with van der Waals surface area (Å²) < 4.78 is 1.81. The Labute approximate surface area is 299 Å². The molecule has 0 spiro atoms. The van der Waals surface area contributed by atoms with Crippen LogP contribution in [0.25, 0.3) is 0 Å². The van der Waals surface area contributed by atoms with Crippen molar-refractivity contribution in [3.63, 3.8) is 0 Å². The van der Waals surface area contributed by atoms with E-state index < -0.39 is 0 Å². The molecule has 1 aromatic heterocycles. The van der Waals surface area contributed by atoms with Gasteiger partial charge in [0.2, 0.25) is 6.41 Å². The molecule has 0 saturated carbocycles. The SMILES string of the molecule is CC.CC(=O)C(CCCNC(C)NC(C)C)NC=O.CC(C)(C)C.CC(C)C.Cc1cccn(C(c2ccccc2)c2ccccc2)c1=O. The predicted octanol–water partition coefficient (Wildman–Crippen LogP) is 8.94. The molecule has 0 aliphatic heterocycles. The van der Waals surface area contributed by atoms with Gasteiger partial charge >= 0.3 is 0 Å². The van der Waals surface area contributed by atoms with Crippen LogP contribution in [-0.2, 0) is 9.59 Å². The predicted molar refractivity (Wildman–Crippen MR) is 211 cm³/mol. The lowest BCUT2D eigenvalue weighted by molar-refractivity contribution is -0.122. The summed E-state index contributed by atoms with van der Waals surface area (Å²) >= 11 is 0. The van der Waals surface area contributed by atoms with E-state index in [4.69, 9.17) is 0 Å². The van der Waals surface area contributed by atoms with Gasteiger partial charge in [0.05, 0.1) is 18.2 Å². The zero-order valence-electron chi connectivity index (χ0n) is 33.3. The van der Waals surface area contributed by atoms with E-state index in [9.17, 15) is 14.4 Å². The van der Waals surface area contributed by atoms with Gasteiger partial charge in [-0.05, 0) is 82.5 Å². The topological polar surface area (TPSA) is 92.2 Å². The number of pyridine rings is 1. The van der Waals surface area contributed by atoms with E-state index in [0.717, 1.165) is 35.6 Å². The number of ketones is 1. The molecule has 0 fully saturated rings.